The number of ether oxygens (including phenoxy) is 5. The molecule has 1 aromatic heterocycles. The largest absolute Gasteiger partial charge is 0.592 e. The van der Waals surface area contributed by atoms with Crippen molar-refractivity contribution >= 4 is 11.8 Å². The Morgan fingerprint density at radius 3 is 2.43 bits per heavy atom. The van der Waals surface area contributed by atoms with E-state index < -0.39 is 53.4 Å². The van der Waals surface area contributed by atoms with Crippen LogP contribution in [0.2, 0.25) is 0 Å². The Bertz CT molecular complexity index is 747. The number of nitrogens with one attached hydrogen (secondary N) is 2. The molecule has 11 heteroatoms. The molecule has 6 unspecified atom stereocenters. The van der Waals surface area contributed by atoms with Crippen molar-refractivity contribution in [1.82, 2.24) is 5.32 Å². The average Bonchev–Trinajstić information content (AvgIpc) is 3.25. The van der Waals surface area contributed by atoms with Crippen molar-refractivity contribution in [1.29, 1.82) is 0 Å². The molecule has 11 nitrogen and oxygen atoms in total. The number of hydrogen-bond donors (Lipinski definition) is 3. The highest BCUT2D eigenvalue weighted by Gasteiger charge is 2.60. The van der Waals surface area contributed by atoms with Crippen LogP contribution < -0.4 is 10.5 Å². The third-order valence-corrected chi connectivity index (χ3v) is 4.76. The maximum absolute atomic E-state index is 12.3. The molecule has 6 atom stereocenters. The Hall–Kier alpha value is -1.57. The van der Waals surface area contributed by atoms with Crippen LogP contribution in [0.5, 0.6) is 0 Å². The molecule has 0 aliphatic carbocycles. The Balaban J connectivity index is 1.45. The Kier molecular flexibility index (Phi) is 4.75. The lowest BCUT2D eigenvalue weighted by Crippen LogP contribution is -2.99. The summed E-state index contributed by atoms with van der Waals surface area (Å²) in [6.07, 6.45) is -2.54. The van der Waals surface area contributed by atoms with E-state index in [1.807, 2.05) is 0 Å². The van der Waals surface area contributed by atoms with Crippen molar-refractivity contribution in [3.8, 4) is 0 Å². The fourth-order valence-corrected chi connectivity index (χ4v) is 3.71. The third kappa shape index (κ3) is 3.67. The molecule has 0 saturated carbocycles. The summed E-state index contributed by atoms with van der Waals surface area (Å²) >= 11 is 0. The van der Waals surface area contributed by atoms with Gasteiger partial charge in [0.2, 0.25) is 0 Å². The zero-order valence-electron chi connectivity index (χ0n) is 16.0. The van der Waals surface area contributed by atoms with Gasteiger partial charge in [-0.2, -0.15) is 5.23 Å². The first-order valence-corrected chi connectivity index (χ1v) is 9.03. The smallest absolute Gasteiger partial charge is 0.329 e. The van der Waals surface area contributed by atoms with Gasteiger partial charge in [-0.05, 0) is 33.8 Å². The Labute approximate surface area is 160 Å². The lowest BCUT2D eigenvalue weighted by atomic mass is 9.99. The Morgan fingerprint density at radius 2 is 1.75 bits per heavy atom. The summed E-state index contributed by atoms with van der Waals surface area (Å²) in [5.74, 6) is -2.63. The molecule has 3 N–H and O–H groups in total. The van der Waals surface area contributed by atoms with Crippen molar-refractivity contribution in [3.05, 3.63) is 23.1 Å². The van der Waals surface area contributed by atoms with Crippen LogP contribution in [0.25, 0.3) is 0 Å². The summed E-state index contributed by atoms with van der Waals surface area (Å²) < 4.78 is 34.7. The number of rotatable bonds is 4. The minimum atomic E-state index is -1.25. The van der Waals surface area contributed by atoms with Gasteiger partial charge in [0.1, 0.15) is 24.4 Å². The Morgan fingerprint density at radius 1 is 1.11 bits per heavy atom. The monoisotopic (exact) mass is 400 g/mol. The second-order valence-corrected chi connectivity index (χ2v) is 7.89. The van der Waals surface area contributed by atoms with Crippen molar-refractivity contribution < 1.29 is 43.3 Å². The van der Waals surface area contributed by atoms with Crippen LogP contribution in [-0.2, 0) is 23.7 Å². The average molecular weight is 400 g/mol. The van der Waals surface area contributed by atoms with E-state index in [9.17, 15) is 10.0 Å². The maximum atomic E-state index is 12.3. The predicted octanol–water partition coefficient (Wildman–Crippen LogP) is -0.191. The van der Waals surface area contributed by atoms with Gasteiger partial charge in [-0.3, -0.25) is 4.79 Å². The number of quaternary nitrogens is 1. The van der Waals surface area contributed by atoms with E-state index in [2.05, 4.69) is 5.32 Å². The lowest BCUT2D eigenvalue weighted by molar-refractivity contribution is -0.997. The van der Waals surface area contributed by atoms with E-state index >= 15 is 0 Å². The van der Waals surface area contributed by atoms with Crippen molar-refractivity contribution in [2.75, 3.05) is 6.54 Å². The predicted molar refractivity (Wildman–Crippen MR) is 89.3 cm³/mol. The maximum Gasteiger partial charge on any atom is 0.329 e. The van der Waals surface area contributed by atoms with Crippen LogP contribution in [0.4, 0.5) is 5.88 Å². The van der Waals surface area contributed by atoms with Gasteiger partial charge < -0.3 is 38.6 Å². The van der Waals surface area contributed by atoms with Crippen LogP contribution in [0.3, 0.4) is 0 Å². The molecule has 3 saturated heterocycles. The molecule has 4 rings (SSSR count). The van der Waals surface area contributed by atoms with Gasteiger partial charge in [0.05, 0.1) is 0 Å². The summed E-state index contributed by atoms with van der Waals surface area (Å²) in [5.41, 5.74) is 0. The number of furan rings is 1. The molecule has 0 spiro atoms. The summed E-state index contributed by atoms with van der Waals surface area (Å²) in [6.45, 7) is 7.27. The van der Waals surface area contributed by atoms with Gasteiger partial charge in [-0.1, -0.05) is 0 Å². The zero-order valence-corrected chi connectivity index (χ0v) is 16.0. The number of fused-ring (bicyclic) bond motifs is 3. The second kappa shape index (κ2) is 6.75. The van der Waals surface area contributed by atoms with Gasteiger partial charge in [0, 0.05) is 12.6 Å². The van der Waals surface area contributed by atoms with Crippen LogP contribution in [0, 0.1) is 5.21 Å². The topological polar surface area (TPSA) is 136 Å². The standard InChI is InChI=1S/C17H24N2O9/c1-16(2)25-11-9(7-18-14(20)8-5-6-10(23-8)19(21)22)24-15-13(12(11)26-16)27-17(3,4)28-15/h5-6,9,11-13,15,19,21H,7H2,1-4H3,(H,18,20). The number of amides is 1. The fourth-order valence-electron chi connectivity index (χ4n) is 3.71. The number of carbonyl (C=O) groups is 1. The molecule has 1 amide bonds. The van der Waals surface area contributed by atoms with Crippen molar-refractivity contribution in [2.24, 2.45) is 0 Å². The number of hydrogen-bond acceptors (Lipinski definition) is 9. The van der Waals surface area contributed by atoms with Crippen LogP contribution in [0.15, 0.2) is 16.5 Å². The molecule has 28 heavy (non-hydrogen) atoms. The van der Waals surface area contributed by atoms with Crippen LogP contribution in [0.1, 0.15) is 38.2 Å². The third-order valence-electron chi connectivity index (χ3n) is 4.76. The normalized spacial score (nSPS) is 36.6. The minimum absolute atomic E-state index is 0.0928. The molecule has 3 fully saturated rings. The van der Waals surface area contributed by atoms with Gasteiger partial charge in [0.25, 0.3) is 5.91 Å². The zero-order chi connectivity index (χ0) is 20.3. The van der Waals surface area contributed by atoms with E-state index in [4.69, 9.17) is 33.3 Å². The molecule has 0 bridgehead atoms. The highest BCUT2D eigenvalue weighted by Crippen LogP contribution is 2.43. The van der Waals surface area contributed by atoms with Crippen LogP contribution >= 0.6 is 0 Å². The highest BCUT2D eigenvalue weighted by molar-refractivity contribution is 5.91. The molecule has 3 aliphatic rings. The first kappa shape index (κ1) is 19.7. The lowest BCUT2D eigenvalue weighted by Gasteiger charge is -2.37. The van der Waals surface area contributed by atoms with Crippen molar-refractivity contribution in [2.45, 2.75) is 70.0 Å². The van der Waals surface area contributed by atoms with E-state index in [1.165, 1.54) is 12.1 Å². The number of carbonyl (C=O) groups excluding carboxylic acids is 1. The van der Waals surface area contributed by atoms with E-state index in [0.717, 1.165) is 0 Å². The summed E-state index contributed by atoms with van der Waals surface area (Å²) in [4.78, 5) is 12.3. The van der Waals surface area contributed by atoms with Gasteiger partial charge in [-0.15, -0.1) is 0 Å². The SMILES string of the molecule is CC1(C)OC2OC(CNC(=O)c3ccc([NH+]([O-])O)o3)C3OC(C)(C)OC3C2O1. The molecule has 1 aromatic rings. The van der Waals surface area contributed by atoms with Gasteiger partial charge in [0.15, 0.2) is 23.6 Å². The summed E-state index contributed by atoms with van der Waals surface area (Å²) in [6, 6.07) is 2.52. The van der Waals surface area contributed by atoms with E-state index in [1.54, 1.807) is 27.7 Å². The minimum Gasteiger partial charge on any atom is -0.592 e. The molecule has 0 radical (unpaired) electrons. The molecule has 0 aromatic carbocycles. The first-order chi connectivity index (χ1) is 13.0. The second-order valence-electron chi connectivity index (χ2n) is 7.89. The molecular formula is C17H24N2O9. The highest BCUT2D eigenvalue weighted by atomic mass is 16.9. The summed E-state index contributed by atoms with van der Waals surface area (Å²) in [5, 5.41) is 21.2. The molecule has 4 heterocycles. The quantitative estimate of drug-likeness (QED) is 0.587. The van der Waals surface area contributed by atoms with E-state index in [0.29, 0.717) is 0 Å². The van der Waals surface area contributed by atoms with Gasteiger partial charge >= 0.3 is 5.88 Å². The molecule has 156 valence electrons. The summed E-state index contributed by atoms with van der Waals surface area (Å²) in [7, 11) is 0. The van der Waals surface area contributed by atoms with E-state index in [-0.39, 0.29) is 18.2 Å². The van der Waals surface area contributed by atoms with Crippen molar-refractivity contribution in [3.63, 3.8) is 0 Å². The van der Waals surface area contributed by atoms with Crippen LogP contribution in [-0.4, -0.2) is 59.9 Å². The van der Waals surface area contributed by atoms with Gasteiger partial charge in [-0.25, -0.2) is 5.21 Å². The molecular weight excluding hydrogens is 376 g/mol. The molecule has 3 aliphatic heterocycles. The fraction of sp³-hybridized carbons (Fsp3) is 0.706. The first-order valence-electron chi connectivity index (χ1n) is 9.03.